The number of cyclic esters (lactones) is 1. The first-order valence-electron chi connectivity index (χ1n) is 12.1. The third-order valence-electron chi connectivity index (χ3n) is 6.17. The number of carbonyl (C=O) groups excluding carboxylic acids is 2. The third kappa shape index (κ3) is 7.76. The molecule has 2 aromatic carbocycles. The Labute approximate surface area is 228 Å². The molecule has 2 aromatic rings. The lowest BCUT2D eigenvalue weighted by atomic mass is 9.97. The SMILES string of the molecule is CC(=O)N(CC(C)C)c1ccc(OC(F)(F)F)cc1CN1C(=O)O[C@H](c2cc(C(F)(F)F)cc(C(F)(F)F)c2)[C@@H]1C. The summed E-state index contributed by atoms with van der Waals surface area (Å²) in [5.41, 5.74) is -3.66. The molecule has 0 aromatic heterocycles. The van der Waals surface area contributed by atoms with Crippen molar-refractivity contribution in [1.82, 2.24) is 4.90 Å². The Bertz CT molecular complexity index is 1260. The number of alkyl halides is 9. The zero-order valence-corrected chi connectivity index (χ0v) is 22.0. The molecule has 0 spiro atoms. The first-order valence-corrected chi connectivity index (χ1v) is 12.1. The number of anilines is 1. The minimum atomic E-state index is -5.14. The van der Waals surface area contributed by atoms with E-state index in [1.165, 1.54) is 24.8 Å². The lowest BCUT2D eigenvalue weighted by molar-refractivity contribution is -0.274. The number of hydrogen-bond acceptors (Lipinski definition) is 4. The molecule has 1 fully saturated rings. The summed E-state index contributed by atoms with van der Waals surface area (Å²) in [6.07, 6.45) is -18.1. The number of benzene rings is 2. The van der Waals surface area contributed by atoms with Gasteiger partial charge in [0.25, 0.3) is 0 Å². The lowest BCUT2D eigenvalue weighted by Crippen LogP contribution is -2.35. The fraction of sp³-hybridized carbons (Fsp3) is 0.462. The van der Waals surface area contributed by atoms with Crippen molar-refractivity contribution in [3.05, 3.63) is 58.7 Å². The van der Waals surface area contributed by atoms with Crippen molar-refractivity contribution in [3.8, 4) is 5.75 Å². The zero-order valence-electron chi connectivity index (χ0n) is 22.0. The van der Waals surface area contributed by atoms with Crippen molar-refractivity contribution in [2.24, 2.45) is 5.92 Å². The maximum atomic E-state index is 13.4. The Balaban J connectivity index is 2.05. The van der Waals surface area contributed by atoms with Gasteiger partial charge in [0, 0.05) is 19.2 Å². The maximum Gasteiger partial charge on any atom is 0.573 e. The van der Waals surface area contributed by atoms with Crippen LogP contribution in [0.15, 0.2) is 36.4 Å². The van der Waals surface area contributed by atoms with Crippen LogP contribution in [0.1, 0.15) is 56.1 Å². The first kappa shape index (κ1) is 31.9. The van der Waals surface area contributed by atoms with E-state index in [1.54, 1.807) is 13.8 Å². The quantitative estimate of drug-likeness (QED) is 0.306. The maximum absolute atomic E-state index is 13.4. The molecule has 1 aliphatic rings. The second-order valence-electron chi connectivity index (χ2n) is 9.87. The number of amides is 2. The van der Waals surface area contributed by atoms with Crippen LogP contribution in [0.5, 0.6) is 5.75 Å². The predicted octanol–water partition coefficient (Wildman–Crippen LogP) is 7.71. The second-order valence-corrected chi connectivity index (χ2v) is 9.87. The van der Waals surface area contributed by atoms with Gasteiger partial charge in [0.15, 0.2) is 0 Å². The van der Waals surface area contributed by atoms with E-state index in [0.717, 1.165) is 17.0 Å². The number of carbonyl (C=O) groups is 2. The Morgan fingerprint density at radius 1 is 0.976 bits per heavy atom. The zero-order chi connectivity index (χ0) is 31.1. The summed E-state index contributed by atoms with van der Waals surface area (Å²) < 4.78 is 128. The van der Waals surface area contributed by atoms with Crippen molar-refractivity contribution < 1.29 is 58.6 Å². The number of nitrogens with zero attached hydrogens (tertiary/aromatic N) is 2. The molecule has 3 rings (SSSR count). The largest absolute Gasteiger partial charge is 0.573 e. The Kier molecular flexibility index (Phi) is 8.80. The Morgan fingerprint density at radius 2 is 1.54 bits per heavy atom. The summed E-state index contributed by atoms with van der Waals surface area (Å²) in [6, 6.07) is 2.76. The average molecular weight is 600 g/mol. The van der Waals surface area contributed by atoms with Crippen LogP contribution in [0, 0.1) is 5.92 Å². The van der Waals surface area contributed by atoms with E-state index >= 15 is 0 Å². The van der Waals surface area contributed by atoms with Crippen molar-refractivity contribution >= 4 is 17.7 Å². The van der Waals surface area contributed by atoms with Gasteiger partial charge in [-0.2, -0.15) is 26.3 Å². The highest BCUT2D eigenvalue weighted by Crippen LogP contribution is 2.42. The van der Waals surface area contributed by atoms with Crippen LogP contribution >= 0.6 is 0 Å². The molecule has 0 unspecified atom stereocenters. The highest BCUT2D eigenvalue weighted by atomic mass is 19.4. The summed E-state index contributed by atoms with van der Waals surface area (Å²) in [6.45, 7) is 5.73. The van der Waals surface area contributed by atoms with E-state index in [-0.39, 0.29) is 29.8 Å². The minimum Gasteiger partial charge on any atom is -0.439 e. The molecule has 0 saturated carbocycles. The molecule has 15 heteroatoms. The van der Waals surface area contributed by atoms with Gasteiger partial charge < -0.3 is 14.4 Å². The van der Waals surface area contributed by atoms with Crippen molar-refractivity contribution in [1.29, 1.82) is 0 Å². The van der Waals surface area contributed by atoms with Crippen molar-refractivity contribution in [2.75, 3.05) is 11.4 Å². The molecule has 0 N–H and O–H groups in total. The van der Waals surface area contributed by atoms with Gasteiger partial charge in [-0.3, -0.25) is 9.69 Å². The Morgan fingerprint density at radius 3 is 2.00 bits per heavy atom. The Hall–Kier alpha value is -3.65. The number of halogens is 9. The highest BCUT2D eigenvalue weighted by molar-refractivity contribution is 5.92. The summed E-state index contributed by atoms with van der Waals surface area (Å²) in [7, 11) is 0. The number of ether oxygens (including phenoxy) is 2. The first-order chi connectivity index (χ1) is 18.7. The third-order valence-corrected chi connectivity index (χ3v) is 6.17. The van der Waals surface area contributed by atoms with Crippen LogP contribution in [0.25, 0.3) is 0 Å². The monoisotopic (exact) mass is 600 g/mol. The van der Waals surface area contributed by atoms with Gasteiger partial charge in [-0.1, -0.05) is 13.8 Å². The smallest absolute Gasteiger partial charge is 0.439 e. The molecule has 226 valence electrons. The van der Waals surface area contributed by atoms with E-state index in [4.69, 9.17) is 4.74 Å². The average Bonchev–Trinajstić information content (AvgIpc) is 3.08. The van der Waals surface area contributed by atoms with Gasteiger partial charge in [-0.25, -0.2) is 4.79 Å². The van der Waals surface area contributed by atoms with Crippen LogP contribution < -0.4 is 9.64 Å². The van der Waals surface area contributed by atoms with Crippen LogP contribution in [0.3, 0.4) is 0 Å². The van der Waals surface area contributed by atoms with Crippen molar-refractivity contribution in [2.45, 2.75) is 65.1 Å². The van der Waals surface area contributed by atoms with Gasteiger partial charge in [0.2, 0.25) is 5.91 Å². The topological polar surface area (TPSA) is 59.1 Å². The van der Waals surface area contributed by atoms with Gasteiger partial charge >= 0.3 is 24.8 Å². The second kappa shape index (κ2) is 11.3. The molecule has 1 heterocycles. The normalized spacial score (nSPS) is 18.1. The van der Waals surface area contributed by atoms with E-state index in [0.29, 0.717) is 12.1 Å². The van der Waals surface area contributed by atoms with Gasteiger partial charge in [0.1, 0.15) is 11.9 Å². The molecule has 1 aliphatic heterocycles. The minimum absolute atomic E-state index is 0.00734. The number of hydrogen-bond donors (Lipinski definition) is 0. The molecule has 0 radical (unpaired) electrons. The van der Waals surface area contributed by atoms with Gasteiger partial charge in [-0.05, 0) is 60.4 Å². The van der Waals surface area contributed by atoms with Crippen LogP contribution in [0.2, 0.25) is 0 Å². The van der Waals surface area contributed by atoms with E-state index in [2.05, 4.69) is 4.74 Å². The van der Waals surface area contributed by atoms with Crippen LogP contribution in [-0.4, -0.2) is 35.8 Å². The molecule has 0 bridgehead atoms. The standard InChI is InChI=1S/C26H25F9N2O4/c1-13(2)11-37(15(4)38)21-6-5-20(41-26(33,34)35)9-17(21)12-36-14(3)22(40-23(36)39)16-7-18(24(27,28)29)10-19(8-16)25(30,31)32/h5-10,13-14,22H,11-12H2,1-4H3/t14-,22-/m0/s1. The molecule has 41 heavy (non-hydrogen) atoms. The molecule has 2 atom stereocenters. The van der Waals surface area contributed by atoms with Crippen LogP contribution in [-0.2, 0) is 28.4 Å². The van der Waals surface area contributed by atoms with E-state index in [9.17, 15) is 49.1 Å². The molecular weight excluding hydrogens is 575 g/mol. The fourth-order valence-electron chi connectivity index (χ4n) is 4.40. The van der Waals surface area contributed by atoms with E-state index in [1.807, 2.05) is 0 Å². The fourth-order valence-corrected chi connectivity index (χ4v) is 4.40. The van der Waals surface area contributed by atoms with Gasteiger partial charge in [0.05, 0.1) is 23.7 Å². The number of rotatable bonds is 7. The van der Waals surface area contributed by atoms with E-state index < -0.39 is 71.8 Å². The molecule has 0 aliphatic carbocycles. The molecule has 6 nitrogen and oxygen atoms in total. The molecule has 1 saturated heterocycles. The summed E-state index contributed by atoms with van der Waals surface area (Å²) in [5.74, 6) is -1.22. The summed E-state index contributed by atoms with van der Waals surface area (Å²) in [4.78, 5) is 27.4. The van der Waals surface area contributed by atoms with Crippen molar-refractivity contribution in [3.63, 3.8) is 0 Å². The summed E-state index contributed by atoms with van der Waals surface area (Å²) >= 11 is 0. The predicted molar refractivity (Wildman–Crippen MR) is 127 cm³/mol. The van der Waals surface area contributed by atoms with Gasteiger partial charge in [-0.15, -0.1) is 13.2 Å². The molecular formula is C26H25F9N2O4. The summed E-state index contributed by atoms with van der Waals surface area (Å²) in [5, 5.41) is 0. The highest BCUT2D eigenvalue weighted by Gasteiger charge is 2.43. The lowest BCUT2D eigenvalue weighted by Gasteiger charge is -2.28. The van der Waals surface area contributed by atoms with Crippen LogP contribution in [0.4, 0.5) is 50.0 Å². The molecule has 2 amide bonds.